The summed E-state index contributed by atoms with van der Waals surface area (Å²) >= 11 is 3.02. The lowest BCUT2D eigenvalue weighted by atomic mass is 10.1. The molecule has 0 unspecified atom stereocenters. The highest BCUT2D eigenvalue weighted by atomic mass is 79.9. The van der Waals surface area contributed by atoms with Crippen molar-refractivity contribution in [3.63, 3.8) is 0 Å². The lowest BCUT2D eigenvalue weighted by Crippen LogP contribution is -2.28. The number of halogens is 1. The van der Waals surface area contributed by atoms with Crippen LogP contribution in [0.4, 0.5) is 0 Å². The van der Waals surface area contributed by atoms with Gasteiger partial charge in [-0.15, -0.1) is 0 Å². The molecule has 2 aromatic rings. The molecule has 4 N–H and O–H groups in total. The second kappa shape index (κ2) is 6.99. The number of carbonyl (C=O) groups is 2. The van der Waals surface area contributed by atoms with Crippen molar-refractivity contribution >= 4 is 27.7 Å². The van der Waals surface area contributed by atoms with Gasteiger partial charge in [-0.25, -0.2) is 4.98 Å². The molecule has 22 heavy (non-hydrogen) atoms. The van der Waals surface area contributed by atoms with E-state index in [1.54, 1.807) is 18.2 Å². The van der Waals surface area contributed by atoms with E-state index in [1.807, 2.05) is 6.07 Å². The van der Waals surface area contributed by atoms with Crippen molar-refractivity contribution in [1.29, 1.82) is 0 Å². The van der Waals surface area contributed by atoms with E-state index < -0.39 is 17.4 Å². The van der Waals surface area contributed by atoms with Gasteiger partial charge >= 0.3 is 0 Å². The molecule has 1 heterocycles. The van der Waals surface area contributed by atoms with E-state index in [1.165, 1.54) is 6.33 Å². The Bertz CT molecular complexity index is 773. The van der Waals surface area contributed by atoms with E-state index >= 15 is 0 Å². The van der Waals surface area contributed by atoms with Crippen LogP contribution in [0.5, 0.6) is 0 Å². The number of primary amides is 1. The molecule has 0 aliphatic carbocycles. The minimum atomic E-state index is -0.498. The molecule has 114 valence electrons. The third kappa shape index (κ3) is 3.79. The van der Waals surface area contributed by atoms with Crippen LogP contribution < -0.4 is 16.6 Å². The van der Waals surface area contributed by atoms with Gasteiger partial charge in [0.1, 0.15) is 10.2 Å². The van der Waals surface area contributed by atoms with Gasteiger partial charge in [0, 0.05) is 12.1 Å². The van der Waals surface area contributed by atoms with Crippen LogP contribution in [-0.4, -0.2) is 28.3 Å². The lowest BCUT2D eigenvalue weighted by Gasteiger charge is -2.06. The fourth-order valence-electron chi connectivity index (χ4n) is 1.83. The zero-order valence-corrected chi connectivity index (χ0v) is 13.0. The zero-order chi connectivity index (χ0) is 16.1. The Morgan fingerprint density at radius 2 is 2.14 bits per heavy atom. The maximum absolute atomic E-state index is 12.0. The highest BCUT2D eigenvalue weighted by Gasteiger charge is 2.13. The number of aromatic amines is 1. The number of nitrogens with two attached hydrogens (primary N) is 1. The summed E-state index contributed by atoms with van der Waals surface area (Å²) in [6, 6.07) is 6.86. The highest BCUT2D eigenvalue weighted by molar-refractivity contribution is 9.10. The van der Waals surface area contributed by atoms with Crippen LogP contribution in [0.3, 0.4) is 0 Å². The second-order valence-electron chi connectivity index (χ2n) is 4.46. The van der Waals surface area contributed by atoms with E-state index in [9.17, 15) is 14.4 Å². The topological polar surface area (TPSA) is 118 Å². The van der Waals surface area contributed by atoms with Crippen molar-refractivity contribution in [2.75, 3.05) is 6.54 Å². The molecular weight excluding hydrogens is 352 g/mol. The van der Waals surface area contributed by atoms with Gasteiger partial charge in [-0.3, -0.25) is 14.4 Å². The first-order valence-electron chi connectivity index (χ1n) is 6.39. The Morgan fingerprint density at radius 1 is 1.36 bits per heavy atom. The first-order chi connectivity index (χ1) is 10.5. The van der Waals surface area contributed by atoms with Crippen molar-refractivity contribution in [3.8, 4) is 0 Å². The molecule has 0 fully saturated rings. The molecule has 0 atom stereocenters. The van der Waals surface area contributed by atoms with E-state index in [0.717, 1.165) is 5.56 Å². The predicted molar refractivity (Wildman–Crippen MR) is 83.6 cm³/mol. The van der Waals surface area contributed by atoms with Gasteiger partial charge in [-0.2, -0.15) is 0 Å². The van der Waals surface area contributed by atoms with E-state index in [0.29, 0.717) is 18.5 Å². The number of benzene rings is 1. The molecule has 2 amide bonds. The number of nitrogens with one attached hydrogen (secondary N) is 2. The third-order valence-corrected chi connectivity index (χ3v) is 3.66. The number of H-pyrrole nitrogens is 1. The van der Waals surface area contributed by atoms with Gasteiger partial charge < -0.3 is 16.0 Å². The highest BCUT2D eigenvalue weighted by Crippen LogP contribution is 2.08. The molecular formula is C14H13BrN4O3. The number of nitrogens with zero attached hydrogens (tertiary/aromatic N) is 1. The summed E-state index contributed by atoms with van der Waals surface area (Å²) < 4.78 is 0.0863. The Kier molecular flexibility index (Phi) is 5.05. The van der Waals surface area contributed by atoms with Gasteiger partial charge in [-0.1, -0.05) is 12.1 Å². The largest absolute Gasteiger partial charge is 0.366 e. The molecule has 0 saturated carbocycles. The Hall–Kier alpha value is -2.48. The standard InChI is InChI=1S/C14H13BrN4O3/c15-10-11(18-7-19-13(10)21)14(22)17-5-4-8-2-1-3-9(6-8)12(16)20/h1-3,6-7H,4-5H2,(H2,16,20)(H,17,22)(H,18,19,21). The number of rotatable bonds is 5. The van der Waals surface area contributed by atoms with Gasteiger partial charge in [-0.05, 0) is 40.0 Å². The monoisotopic (exact) mass is 364 g/mol. The molecule has 1 aromatic carbocycles. The number of aromatic nitrogens is 2. The number of carbonyl (C=O) groups excluding carboxylic acids is 2. The van der Waals surface area contributed by atoms with E-state index in [2.05, 4.69) is 31.2 Å². The lowest BCUT2D eigenvalue weighted by molar-refractivity contribution is 0.0946. The first kappa shape index (κ1) is 15.9. The molecule has 0 aliphatic rings. The minimum Gasteiger partial charge on any atom is -0.366 e. The Labute approximate surface area is 134 Å². The normalized spacial score (nSPS) is 10.2. The summed E-state index contributed by atoms with van der Waals surface area (Å²) in [6.45, 7) is 0.335. The van der Waals surface area contributed by atoms with Crippen LogP contribution in [0.1, 0.15) is 26.4 Å². The molecule has 0 spiro atoms. The molecule has 0 radical (unpaired) electrons. The molecule has 0 saturated heterocycles. The van der Waals surface area contributed by atoms with Crippen molar-refractivity contribution in [1.82, 2.24) is 15.3 Å². The van der Waals surface area contributed by atoms with E-state index in [4.69, 9.17) is 5.73 Å². The van der Waals surface area contributed by atoms with Crippen LogP contribution in [-0.2, 0) is 6.42 Å². The SMILES string of the molecule is NC(=O)c1cccc(CCNC(=O)c2nc[nH]c(=O)c2Br)c1. The van der Waals surface area contributed by atoms with Crippen molar-refractivity contribution in [2.45, 2.75) is 6.42 Å². The van der Waals surface area contributed by atoms with Crippen molar-refractivity contribution in [2.24, 2.45) is 5.73 Å². The van der Waals surface area contributed by atoms with Crippen LogP contribution in [0.2, 0.25) is 0 Å². The van der Waals surface area contributed by atoms with E-state index in [-0.39, 0.29) is 10.2 Å². The van der Waals surface area contributed by atoms with Crippen molar-refractivity contribution < 1.29 is 9.59 Å². The van der Waals surface area contributed by atoms with Gasteiger partial charge in [0.05, 0.1) is 6.33 Å². The summed E-state index contributed by atoms with van der Waals surface area (Å²) in [4.78, 5) is 40.6. The second-order valence-corrected chi connectivity index (χ2v) is 5.26. The fourth-order valence-corrected chi connectivity index (χ4v) is 2.22. The average Bonchev–Trinajstić information content (AvgIpc) is 2.50. The average molecular weight is 365 g/mol. The maximum atomic E-state index is 12.0. The quantitative estimate of drug-likeness (QED) is 0.719. The zero-order valence-electron chi connectivity index (χ0n) is 11.4. The number of hydrogen-bond acceptors (Lipinski definition) is 4. The summed E-state index contributed by atoms with van der Waals surface area (Å²) in [5.41, 5.74) is 6.10. The number of amides is 2. The predicted octanol–water partition coefficient (Wildman–Crippen LogP) is 0.604. The van der Waals surface area contributed by atoms with Crippen LogP contribution >= 0.6 is 15.9 Å². The third-order valence-electron chi connectivity index (χ3n) is 2.92. The Morgan fingerprint density at radius 3 is 2.86 bits per heavy atom. The van der Waals surface area contributed by atoms with Gasteiger partial charge in [0.25, 0.3) is 11.5 Å². The summed E-state index contributed by atoms with van der Waals surface area (Å²) in [6.07, 6.45) is 1.69. The Balaban J connectivity index is 1.98. The molecule has 1 aromatic heterocycles. The molecule has 7 nitrogen and oxygen atoms in total. The molecule has 0 aliphatic heterocycles. The first-order valence-corrected chi connectivity index (χ1v) is 7.18. The smallest absolute Gasteiger partial charge is 0.271 e. The number of hydrogen-bond donors (Lipinski definition) is 3. The van der Waals surface area contributed by atoms with Crippen LogP contribution in [0.25, 0.3) is 0 Å². The summed E-state index contributed by atoms with van der Waals surface area (Å²) in [5, 5.41) is 2.66. The summed E-state index contributed by atoms with van der Waals surface area (Å²) in [5.74, 6) is -0.952. The van der Waals surface area contributed by atoms with Crippen molar-refractivity contribution in [3.05, 3.63) is 62.2 Å². The minimum absolute atomic E-state index is 0.0228. The van der Waals surface area contributed by atoms with Crippen LogP contribution in [0.15, 0.2) is 39.9 Å². The van der Waals surface area contributed by atoms with Crippen LogP contribution in [0, 0.1) is 0 Å². The van der Waals surface area contributed by atoms with Gasteiger partial charge in [0.15, 0.2) is 0 Å². The molecule has 8 heteroatoms. The fraction of sp³-hybridized carbons (Fsp3) is 0.143. The van der Waals surface area contributed by atoms with Gasteiger partial charge in [0.2, 0.25) is 5.91 Å². The molecule has 0 bridgehead atoms. The maximum Gasteiger partial charge on any atom is 0.271 e. The summed E-state index contributed by atoms with van der Waals surface area (Å²) in [7, 11) is 0. The molecule has 2 rings (SSSR count).